The van der Waals surface area contributed by atoms with Gasteiger partial charge in [-0.05, 0) is 24.8 Å². The van der Waals surface area contributed by atoms with Gasteiger partial charge in [0.2, 0.25) is 5.95 Å². The molecule has 1 aromatic heterocycles. The molecule has 104 valence electrons. The van der Waals surface area contributed by atoms with E-state index in [2.05, 4.69) is 19.8 Å². The fourth-order valence-corrected chi connectivity index (χ4v) is 3.15. The van der Waals surface area contributed by atoms with Crippen LogP contribution in [0.25, 0.3) is 0 Å². The van der Waals surface area contributed by atoms with Crippen molar-refractivity contribution < 1.29 is 5.11 Å². The van der Waals surface area contributed by atoms with E-state index in [1.54, 1.807) is 12.4 Å². The minimum atomic E-state index is -0.0736. The maximum absolute atomic E-state index is 9.89. The van der Waals surface area contributed by atoms with E-state index in [1.165, 1.54) is 12.8 Å². The summed E-state index contributed by atoms with van der Waals surface area (Å²) in [5, 5.41) is 9.89. The van der Waals surface area contributed by atoms with Crippen LogP contribution in [0.2, 0.25) is 0 Å². The van der Waals surface area contributed by atoms with Crippen LogP contribution < -0.4 is 4.90 Å². The molecule has 2 heterocycles. The van der Waals surface area contributed by atoms with Crippen molar-refractivity contribution >= 4 is 5.95 Å². The second-order valence-corrected chi connectivity index (χ2v) is 5.59. The van der Waals surface area contributed by atoms with Gasteiger partial charge in [-0.15, -0.1) is 0 Å². The Morgan fingerprint density at radius 2 is 1.84 bits per heavy atom. The van der Waals surface area contributed by atoms with Gasteiger partial charge in [-0.1, -0.05) is 6.42 Å². The number of rotatable bonds is 3. The third kappa shape index (κ3) is 3.04. The molecule has 1 aromatic rings. The Morgan fingerprint density at radius 3 is 2.47 bits per heavy atom. The highest BCUT2D eigenvalue weighted by Crippen LogP contribution is 2.26. The summed E-state index contributed by atoms with van der Waals surface area (Å²) in [4.78, 5) is 13.3. The molecule has 0 aromatic carbocycles. The monoisotopic (exact) mass is 262 g/mol. The first kappa shape index (κ1) is 12.8. The maximum atomic E-state index is 9.89. The number of hydrogen-bond acceptors (Lipinski definition) is 5. The van der Waals surface area contributed by atoms with Gasteiger partial charge in [0, 0.05) is 45.1 Å². The Labute approximate surface area is 114 Å². The molecule has 3 rings (SSSR count). The highest BCUT2D eigenvalue weighted by Gasteiger charge is 2.28. The van der Waals surface area contributed by atoms with Crippen LogP contribution in [0.3, 0.4) is 0 Å². The zero-order chi connectivity index (χ0) is 13.1. The van der Waals surface area contributed by atoms with Crippen molar-refractivity contribution in [2.45, 2.75) is 25.4 Å². The Hall–Kier alpha value is -1.20. The van der Waals surface area contributed by atoms with Crippen molar-refractivity contribution in [2.75, 3.05) is 37.6 Å². The van der Waals surface area contributed by atoms with E-state index in [4.69, 9.17) is 0 Å². The molecule has 5 heteroatoms. The average molecular weight is 262 g/mol. The minimum Gasteiger partial charge on any atom is -0.393 e. The molecule has 2 aliphatic rings. The summed E-state index contributed by atoms with van der Waals surface area (Å²) in [5.41, 5.74) is 0. The number of anilines is 1. The molecule has 1 aliphatic heterocycles. The van der Waals surface area contributed by atoms with E-state index in [0.29, 0.717) is 5.92 Å². The summed E-state index contributed by atoms with van der Waals surface area (Å²) in [5.74, 6) is 1.32. The van der Waals surface area contributed by atoms with Crippen molar-refractivity contribution in [1.82, 2.24) is 14.9 Å². The van der Waals surface area contributed by atoms with Crippen LogP contribution in [-0.4, -0.2) is 58.8 Å². The molecule has 1 saturated carbocycles. The number of nitrogens with zero attached hydrogens (tertiary/aromatic N) is 4. The Balaban J connectivity index is 1.49. The maximum Gasteiger partial charge on any atom is 0.225 e. The van der Waals surface area contributed by atoms with Crippen LogP contribution in [-0.2, 0) is 0 Å². The number of aromatic nitrogens is 2. The molecular formula is C14H22N4O. The SMILES string of the molecule is OC1CCCC1CN1CCN(c2ncccn2)CC1. The average Bonchev–Trinajstić information content (AvgIpc) is 2.86. The molecule has 5 nitrogen and oxygen atoms in total. The molecule has 0 amide bonds. The molecule has 1 saturated heterocycles. The van der Waals surface area contributed by atoms with E-state index < -0.39 is 0 Å². The van der Waals surface area contributed by atoms with Gasteiger partial charge >= 0.3 is 0 Å². The van der Waals surface area contributed by atoms with Crippen molar-refractivity contribution in [3.05, 3.63) is 18.5 Å². The normalized spacial score (nSPS) is 28.8. The summed E-state index contributed by atoms with van der Waals surface area (Å²) in [6.07, 6.45) is 6.87. The van der Waals surface area contributed by atoms with Gasteiger partial charge in [-0.3, -0.25) is 4.90 Å². The van der Waals surface area contributed by atoms with Gasteiger partial charge < -0.3 is 10.0 Å². The molecule has 0 spiro atoms. The molecular weight excluding hydrogens is 240 g/mol. The van der Waals surface area contributed by atoms with Crippen LogP contribution in [0.5, 0.6) is 0 Å². The quantitative estimate of drug-likeness (QED) is 0.871. The molecule has 1 N–H and O–H groups in total. The van der Waals surface area contributed by atoms with Crippen LogP contribution >= 0.6 is 0 Å². The molecule has 1 aliphatic carbocycles. The van der Waals surface area contributed by atoms with E-state index in [0.717, 1.165) is 45.1 Å². The standard InChI is InChI=1S/C14H22N4O/c19-13-4-1-3-12(13)11-17-7-9-18(10-8-17)14-15-5-2-6-16-14/h2,5-6,12-13,19H,1,3-4,7-11H2. The lowest BCUT2D eigenvalue weighted by Crippen LogP contribution is -2.48. The molecule has 19 heavy (non-hydrogen) atoms. The topological polar surface area (TPSA) is 52.5 Å². The van der Waals surface area contributed by atoms with Gasteiger partial charge in [0.05, 0.1) is 6.10 Å². The second-order valence-electron chi connectivity index (χ2n) is 5.59. The Bertz CT molecular complexity index is 392. The zero-order valence-electron chi connectivity index (χ0n) is 11.3. The molecule has 2 atom stereocenters. The van der Waals surface area contributed by atoms with E-state index in [9.17, 15) is 5.11 Å². The first-order chi connectivity index (χ1) is 9.33. The lowest BCUT2D eigenvalue weighted by Gasteiger charge is -2.36. The van der Waals surface area contributed by atoms with E-state index in [1.807, 2.05) is 6.07 Å². The second kappa shape index (κ2) is 5.84. The first-order valence-corrected chi connectivity index (χ1v) is 7.25. The van der Waals surface area contributed by atoms with Crippen molar-refractivity contribution in [1.29, 1.82) is 0 Å². The summed E-state index contributed by atoms with van der Waals surface area (Å²) >= 11 is 0. The smallest absolute Gasteiger partial charge is 0.225 e. The third-order valence-corrected chi connectivity index (χ3v) is 4.32. The first-order valence-electron chi connectivity index (χ1n) is 7.25. The van der Waals surface area contributed by atoms with Crippen molar-refractivity contribution in [2.24, 2.45) is 5.92 Å². The number of aliphatic hydroxyl groups excluding tert-OH is 1. The van der Waals surface area contributed by atoms with Gasteiger partial charge in [0.15, 0.2) is 0 Å². The molecule has 2 unspecified atom stereocenters. The predicted octanol–water partition coefficient (Wildman–Crippen LogP) is 0.760. The largest absolute Gasteiger partial charge is 0.393 e. The molecule has 0 bridgehead atoms. The van der Waals surface area contributed by atoms with E-state index >= 15 is 0 Å². The number of piperazine rings is 1. The van der Waals surface area contributed by atoms with Crippen LogP contribution in [0.4, 0.5) is 5.95 Å². The lowest BCUT2D eigenvalue weighted by atomic mass is 10.1. The summed E-state index contributed by atoms with van der Waals surface area (Å²) < 4.78 is 0. The minimum absolute atomic E-state index is 0.0736. The van der Waals surface area contributed by atoms with Crippen molar-refractivity contribution in [3.63, 3.8) is 0 Å². The third-order valence-electron chi connectivity index (χ3n) is 4.32. The zero-order valence-corrected chi connectivity index (χ0v) is 11.3. The number of hydrogen-bond donors (Lipinski definition) is 1. The van der Waals surface area contributed by atoms with Gasteiger partial charge in [-0.25, -0.2) is 9.97 Å². The number of aliphatic hydroxyl groups is 1. The lowest BCUT2D eigenvalue weighted by molar-refractivity contribution is 0.0996. The van der Waals surface area contributed by atoms with Gasteiger partial charge in [-0.2, -0.15) is 0 Å². The Kier molecular flexibility index (Phi) is 3.94. The summed E-state index contributed by atoms with van der Waals surface area (Å²) in [7, 11) is 0. The highest BCUT2D eigenvalue weighted by molar-refractivity contribution is 5.29. The van der Waals surface area contributed by atoms with Gasteiger partial charge in [0.25, 0.3) is 0 Å². The highest BCUT2D eigenvalue weighted by atomic mass is 16.3. The van der Waals surface area contributed by atoms with Gasteiger partial charge in [0.1, 0.15) is 0 Å². The van der Waals surface area contributed by atoms with E-state index in [-0.39, 0.29) is 6.10 Å². The molecule has 2 fully saturated rings. The Morgan fingerprint density at radius 1 is 1.11 bits per heavy atom. The van der Waals surface area contributed by atoms with Crippen LogP contribution in [0.1, 0.15) is 19.3 Å². The summed E-state index contributed by atoms with van der Waals surface area (Å²) in [6, 6.07) is 1.85. The molecule has 0 radical (unpaired) electrons. The van der Waals surface area contributed by atoms with Crippen molar-refractivity contribution in [3.8, 4) is 0 Å². The van der Waals surface area contributed by atoms with Crippen LogP contribution in [0.15, 0.2) is 18.5 Å². The predicted molar refractivity (Wildman–Crippen MR) is 74.0 cm³/mol. The fraction of sp³-hybridized carbons (Fsp3) is 0.714. The fourth-order valence-electron chi connectivity index (χ4n) is 3.15. The van der Waals surface area contributed by atoms with Crippen LogP contribution in [0, 0.1) is 5.92 Å². The summed E-state index contributed by atoms with van der Waals surface area (Å²) in [6.45, 7) is 5.09.